The number of ether oxygens (including phenoxy) is 1. The Hall–Kier alpha value is -2.14. The monoisotopic (exact) mass is 330 g/mol. The van der Waals surface area contributed by atoms with Gasteiger partial charge in [-0.2, -0.15) is 0 Å². The van der Waals surface area contributed by atoms with Gasteiger partial charge in [0.25, 0.3) is 0 Å². The third kappa shape index (κ3) is 5.87. The molecule has 122 valence electrons. The number of anilines is 1. The van der Waals surface area contributed by atoms with Crippen LogP contribution in [0.1, 0.15) is 25.7 Å². The molecule has 0 saturated heterocycles. The highest BCUT2D eigenvalue weighted by Gasteiger charge is 2.01. The number of nitrogens with one attached hydrogen (secondary N) is 2. The highest BCUT2D eigenvalue weighted by molar-refractivity contribution is 7.80. The van der Waals surface area contributed by atoms with Gasteiger partial charge in [0.15, 0.2) is 5.11 Å². The lowest BCUT2D eigenvalue weighted by Gasteiger charge is -2.11. The van der Waals surface area contributed by atoms with Gasteiger partial charge in [-0.3, -0.25) is 4.79 Å². The van der Waals surface area contributed by atoms with Crippen molar-refractivity contribution in [2.75, 3.05) is 19.0 Å². The predicted molar refractivity (Wildman–Crippen MR) is 98.7 cm³/mol. The third-order valence-corrected chi connectivity index (χ3v) is 3.82. The van der Waals surface area contributed by atoms with Crippen molar-refractivity contribution in [3.63, 3.8) is 0 Å². The zero-order valence-electron chi connectivity index (χ0n) is 13.3. The van der Waals surface area contributed by atoms with Gasteiger partial charge >= 0.3 is 5.97 Å². The van der Waals surface area contributed by atoms with E-state index in [4.69, 9.17) is 12.2 Å². The summed E-state index contributed by atoms with van der Waals surface area (Å²) >= 11 is 5.30. The fourth-order valence-electron chi connectivity index (χ4n) is 2.32. The van der Waals surface area contributed by atoms with Crippen molar-refractivity contribution < 1.29 is 9.53 Å². The second-order valence-electron chi connectivity index (χ2n) is 5.33. The van der Waals surface area contributed by atoms with Crippen LogP contribution in [0, 0.1) is 0 Å². The van der Waals surface area contributed by atoms with Crippen molar-refractivity contribution in [1.29, 1.82) is 0 Å². The van der Waals surface area contributed by atoms with E-state index < -0.39 is 0 Å². The summed E-state index contributed by atoms with van der Waals surface area (Å²) in [6.45, 7) is 0.792. The van der Waals surface area contributed by atoms with Crippen molar-refractivity contribution in [2.45, 2.75) is 25.7 Å². The molecular weight excluding hydrogens is 308 g/mol. The summed E-state index contributed by atoms with van der Waals surface area (Å²) in [5.41, 5.74) is 0.979. The maximum Gasteiger partial charge on any atom is 0.305 e. The molecule has 0 aliphatic rings. The van der Waals surface area contributed by atoms with Crippen molar-refractivity contribution in [3.8, 4) is 0 Å². The Morgan fingerprint density at radius 2 is 1.87 bits per heavy atom. The number of fused-ring (bicyclic) bond motifs is 1. The summed E-state index contributed by atoms with van der Waals surface area (Å²) in [4.78, 5) is 11.0. The first kappa shape index (κ1) is 17.2. The number of benzene rings is 2. The van der Waals surface area contributed by atoms with Crippen LogP contribution in [0.4, 0.5) is 5.69 Å². The maximum atomic E-state index is 11.0. The minimum Gasteiger partial charge on any atom is -0.469 e. The highest BCUT2D eigenvalue weighted by Crippen LogP contribution is 2.18. The standard InChI is InChI=1S/C18H22N2O2S/c1-22-17(21)9-3-2-6-12-19-18(23)20-16-11-10-14-7-4-5-8-15(14)13-16/h4-5,7-8,10-11,13H,2-3,6,9,12H2,1H3,(H2,19,20,23). The lowest BCUT2D eigenvalue weighted by Crippen LogP contribution is -2.29. The number of thiocarbonyl (C=S) groups is 1. The number of carbonyl (C=O) groups excluding carboxylic acids is 1. The van der Waals surface area contributed by atoms with Gasteiger partial charge in [-0.25, -0.2) is 0 Å². The summed E-state index contributed by atoms with van der Waals surface area (Å²) in [7, 11) is 1.42. The van der Waals surface area contributed by atoms with Gasteiger partial charge in [0, 0.05) is 18.7 Å². The Labute approximate surface area is 142 Å². The molecule has 0 unspecified atom stereocenters. The first-order valence-corrected chi connectivity index (χ1v) is 8.20. The van der Waals surface area contributed by atoms with Crippen LogP contribution < -0.4 is 10.6 Å². The zero-order valence-corrected chi connectivity index (χ0v) is 14.1. The summed E-state index contributed by atoms with van der Waals surface area (Å²) in [6, 6.07) is 14.4. The lowest BCUT2D eigenvalue weighted by atomic mass is 10.1. The second-order valence-corrected chi connectivity index (χ2v) is 5.74. The Balaban J connectivity index is 1.68. The van der Waals surface area contributed by atoms with Crippen molar-refractivity contribution in [3.05, 3.63) is 42.5 Å². The number of rotatable bonds is 7. The molecule has 2 rings (SSSR count). The molecule has 0 heterocycles. The molecule has 0 saturated carbocycles. The van der Waals surface area contributed by atoms with E-state index in [2.05, 4.69) is 39.6 Å². The fraction of sp³-hybridized carbons (Fsp3) is 0.333. The summed E-state index contributed by atoms with van der Waals surface area (Å²) in [5, 5.41) is 9.40. The smallest absolute Gasteiger partial charge is 0.305 e. The van der Waals surface area contributed by atoms with Crippen molar-refractivity contribution in [2.24, 2.45) is 0 Å². The van der Waals surface area contributed by atoms with E-state index in [1.807, 2.05) is 18.2 Å². The van der Waals surface area contributed by atoms with Gasteiger partial charge in [-0.15, -0.1) is 0 Å². The molecule has 2 aromatic rings. The molecule has 0 amide bonds. The number of esters is 1. The predicted octanol–water partition coefficient (Wildman–Crippen LogP) is 3.86. The number of hydrogen-bond donors (Lipinski definition) is 2. The van der Waals surface area contributed by atoms with Gasteiger partial charge in [-0.1, -0.05) is 36.8 Å². The van der Waals surface area contributed by atoms with Crippen molar-refractivity contribution in [1.82, 2.24) is 5.32 Å². The molecule has 0 atom stereocenters. The van der Waals surface area contributed by atoms with Crippen LogP contribution in [0.15, 0.2) is 42.5 Å². The zero-order chi connectivity index (χ0) is 16.5. The van der Waals surface area contributed by atoms with Gasteiger partial charge in [0.1, 0.15) is 0 Å². The molecule has 23 heavy (non-hydrogen) atoms. The number of methoxy groups -OCH3 is 1. The summed E-state index contributed by atoms with van der Waals surface area (Å²) in [5.74, 6) is -0.147. The molecule has 0 radical (unpaired) electrons. The first-order valence-electron chi connectivity index (χ1n) is 7.79. The molecule has 0 aromatic heterocycles. The van der Waals surface area contributed by atoms with Gasteiger partial charge in [0.05, 0.1) is 7.11 Å². The molecular formula is C18H22N2O2S. The van der Waals surface area contributed by atoms with E-state index in [1.165, 1.54) is 17.9 Å². The fourth-order valence-corrected chi connectivity index (χ4v) is 2.54. The van der Waals surface area contributed by atoms with Crippen LogP contribution in [0.2, 0.25) is 0 Å². The van der Waals surface area contributed by atoms with E-state index in [-0.39, 0.29) is 5.97 Å². The first-order chi connectivity index (χ1) is 11.2. The van der Waals surface area contributed by atoms with E-state index in [0.29, 0.717) is 11.5 Å². The van der Waals surface area contributed by atoms with E-state index in [9.17, 15) is 4.79 Å². The van der Waals surface area contributed by atoms with Crippen molar-refractivity contribution >= 4 is 39.8 Å². The Kier molecular flexibility index (Phi) is 6.81. The molecule has 5 heteroatoms. The SMILES string of the molecule is COC(=O)CCCCCNC(=S)Nc1ccc2ccccc2c1. The molecule has 2 aromatic carbocycles. The second kappa shape index (κ2) is 9.10. The number of unbranched alkanes of at least 4 members (excludes halogenated alkanes) is 2. The van der Waals surface area contributed by atoms with Crippen LogP contribution in [-0.2, 0) is 9.53 Å². The van der Waals surface area contributed by atoms with Gasteiger partial charge in [0.2, 0.25) is 0 Å². The average Bonchev–Trinajstić information content (AvgIpc) is 2.57. The molecule has 0 bridgehead atoms. The van der Waals surface area contributed by atoms with Crippen LogP contribution >= 0.6 is 12.2 Å². The molecule has 2 N–H and O–H groups in total. The normalized spacial score (nSPS) is 10.3. The molecule has 0 fully saturated rings. The largest absolute Gasteiger partial charge is 0.469 e. The molecule has 0 aliphatic carbocycles. The lowest BCUT2D eigenvalue weighted by molar-refractivity contribution is -0.140. The Bertz CT molecular complexity index is 673. The molecule has 0 spiro atoms. The highest BCUT2D eigenvalue weighted by atomic mass is 32.1. The summed E-state index contributed by atoms with van der Waals surface area (Å²) in [6.07, 6.45) is 3.27. The molecule has 4 nitrogen and oxygen atoms in total. The Morgan fingerprint density at radius 1 is 1.09 bits per heavy atom. The minimum absolute atomic E-state index is 0.147. The minimum atomic E-state index is -0.147. The number of hydrogen-bond acceptors (Lipinski definition) is 3. The Morgan fingerprint density at radius 3 is 2.65 bits per heavy atom. The maximum absolute atomic E-state index is 11.0. The number of carbonyl (C=O) groups is 1. The average molecular weight is 330 g/mol. The topological polar surface area (TPSA) is 50.4 Å². The van der Waals surface area contributed by atoms with E-state index in [1.54, 1.807) is 0 Å². The van der Waals surface area contributed by atoms with E-state index >= 15 is 0 Å². The van der Waals surface area contributed by atoms with E-state index in [0.717, 1.165) is 31.5 Å². The van der Waals surface area contributed by atoms with Gasteiger partial charge < -0.3 is 15.4 Å². The van der Waals surface area contributed by atoms with Gasteiger partial charge in [-0.05, 0) is 48.0 Å². The quantitative estimate of drug-likeness (QED) is 0.459. The summed E-state index contributed by atoms with van der Waals surface area (Å²) < 4.78 is 4.61. The van der Waals surface area contributed by atoms with Crippen LogP contribution in [0.25, 0.3) is 10.8 Å². The van der Waals surface area contributed by atoms with Crippen LogP contribution in [0.5, 0.6) is 0 Å². The molecule has 0 aliphatic heterocycles. The van der Waals surface area contributed by atoms with Crippen LogP contribution in [0.3, 0.4) is 0 Å². The van der Waals surface area contributed by atoms with Crippen LogP contribution in [-0.4, -0.2) is 24.7 Å². The third-order valence-electron chi connectivity index (χ3n) is 3.58.